The summed E-state index contributed by atoms with van der Waals surface area (Å²) in [6.45, 7) is 2.12. The van der Waals surface area contributed by atoms with Gasteiger partial charge in [0.05, 0.1) is 16.8 Å². The molecule has 3 rings (SSSR count). The summed E-state index contributed by atoms with van der Waals surface area (Å²) in [5.41, 5.74) is 3.36. The average Bonchev–Trinajstić information content (AvgIpc) is 2.89. The normalized spacial score (nSPS) is 10.6. The maximum atomic E-state index is 4.59. The number of nitrogens with one attached hydrogen (secondary N) is 1. The van der Waals surface area contributed by atoms with Crippen LogP contribution in [0.3, 0.4) is 0 Å². The fraction of sp³-hybridized carbons (Fsp3) is 0.200. The van der Waals surface area contributed by atoms with Gasteiger partial charge >= 0.3 is 0 Å². The van der Waals surface area contributed by atoms with Gasteiger partial charge in [0.15, 0.2) is 0 Å². The van der Waals surface area contributed by atoms with Crippen molar-refractivity contribution in [1.82, 2.24) is 15.0 Å². The van der Waals surface area contributed by atoms with Gasteiger partial charge in [-0.3, -0.25) is 0 Å². The Balaban J connectivity index is 0.00000161. The largest absolute Gasteiger partial charge is 0.341 e. The minimum absolute atomic E-state index is 0. The predicted octanol–water partition coefficient (Wildman–Crippen LogP) is 4.70. The van der Waals surface area contributed by atoms with Crippen molar-refractivity contribution in [1.29, 1.82) is 0 Å². The van der Waals surface area contributed by atoms with Gasteiger partial charge in [0.1, 0.15) is 10.9 Å². The molecule has 0 spiro atoms. The summed E-state index contributed by atoms with van der Waals surface area (Å²) in [5, 5.41) is 1.08. The molecule has 0 unspecified atom stereocenters. The van der Waals surface area contributed by atoms with Crippen LogP contribution < -0.4 is 0 Å². The summed E-state index contributed by atoms with van der Waals surface area (Å²) < 4.78 is 0. The van der Waals surface area contributed by atoms with Gasteiger partial charge in [-0.25, -0.2) is 9.97 Å². The molecular formula is C15H16ClN3S2. The molecule has 6 heteroatoms. The first-order valence-electron chi connectivity index (χ1n) is 6.34. The van der Waals surface area contributed by atoms with E-state index >= 15 is 0 Å². The van der Waals surface area contributed by atoms with Crippen molar-refractivity contribution >= 4 is 47.0 Å². The summed E-state index contributed by atoms with van der Waals surface area (Å²) in [7, 11) is 0. The van der Waals surface area contributed by atoms with E-state index in [0.717, 1.165) is 27.6 Å². The molecule has 21 heavy (non-hydrogen) atoms. The number of halogens is 1. The van der Waals surface area contributed by atoms with E-state index in [-0.39, 0.29) is 12.4 Å². The Morgan fingerprint density at radius 3 is 2.76 bits per heavy atom. The smallest absolute Gasteiger partial charge is 0.117 e. The fourth-order valence-corrected chi connectivity index (χ4v) is 3.61. The lowest BCUT2D eigenvalue weighted by Gasteiger charge is -2.06. The van der Waals surface area contributed by atoms with Gasteiger partial charge in [-0.1, -0.05) is 23.9 Å². The van der Waals surface area contributed by atoms with Crippen LogP contribution in [0.1, 0.15) is 11.4 Å². The third-order valence-corrected chi connectivity index (χ3v) is 5.10. The predicted molar refractivity (Wildman–Crippen MR) is 93.7 cm³/mol. The van der Waals surface area contributed by atoms with E-state index in [9.17, 15) is 0 Å². The number of fused-ring (bicyclic) bond motifs is 1. The minimum atomic E-state index is 0. The summed E-state index contributed by atoms with van der Waals surface area (Å²) in [6, 6.07) is 10.2. The third-order valence-electron chi connectivity index (χ3n) is 3.11. The third kappa shape index (κ3) is 3.54. The molecule has 110 valence electrons. The van der Waals surface area contributed by atoms with Crippen molar-refractivity contribution in [3.63, 3.8) is 0 Å². The van der Waals surface area contributed by atoms with Crippen molar-refractivity contribution in [2.24, 2.45) is 0 Å². The molecule has 0 radical (unpaired) electrons. The number of hydrogen-bond acceptors (Lipinski definition) is 4. The highest BCUT2D eigenvalue weighted by atomic mass is 35.5. The van der Waals surface area contributed by atoms with Crippen LogP contribution >= 0.6 is 35.9 Å². The van der Waals surface area contributed by atoms with Gasteiger partial charge in [-0.2, -0.15) is 0 Å². The van der Waals surface area contributed by atoms with Gasteiger partial charge < -0.3 is 4.98 Å². The minimum Gasteiger partial charge on any atom is -0.341 e. The maximum Gasteiger partial charge on any atom is 0.117 e. The second-order valence-electron chi connectivity index (χ2n) is 4.43. The van der Waals surface area contributed by atoms with Crippen LogP contribution in [0.15, 0.2) is 46.5 Å². The highest BCUT2D eigenvalue weighted by Gasteiger charge is 2.08. The Hall–Kier alpha value is -1.17. The lowest BCUT2D eigenvalue weighted by Crippen LogP contribution is -1.90. The Labute approximate surface area is 138 Å². The molecule has 0 saturated carbocycles. The Morgan fingerprint density at radius 1 is 1.19 bits per heavy atom. The zero-order chi connectivity index (χ0) is 13.9. The van der Waals surface area contributed by atoms with E-state index in [4.69, 9.17) is 0 Å². The molecule has 0 bridgehead atoms. The Bertz CT molecular complexity index is 710. The number of aromatic amines is 1. The number of imidazole rings is 1. The van der Waals surface area contributed by atoms with Crippen LogP contribution in [0.2, 0.25) is 0 Å². The van der Waals surface area contributed by atoms with Crippen LogP contribution in [0, 0.1) is 6.92 Å². The van der Waals surface area contributed by atoms with E-state index in [2.05, 4.69) is 34.2 Å². The summed E-state index contributed by atoms with van der Waals surface area (Å²) in [4.78, 5) is 13.7. The number of thioether (sulfide) groups is 2. The van der Waals surface area contributed by atoms with E-state index in [1.165, 1.54) is 10.5 Å². The molecular weight excluding hydrogens is 322 g/mol. The van der Waals surface area contributed by atoms with Gasteiger partial charge in [-0.15, -0.1) is 24.2 Å². The summed E-state index contributed by atoms with van der Waals surface area (Å²) in [6.07, 6.45) is 3.97. The lowest BCUT2D eigenvalue weighted by molar-refractivity contribution is 1.02. The quantitative estimate of drug-likeness (QED) is 0.700. The average molecular weight is 338 g/mol. The molecule has 0 atom stereocenters. The Morgan fingerprint density at radius 2 is 2.00 bits per heavy atom. The topological polar surface area (TPSA) is 41.6 Å². The van der Waals surface area contributed by atoms with Crippen LogP contribution in [-0.4, -0.2) is 21.2 Å². The molecule has 1 aromatic carbocycles. The molecule has 3 nitrogen and oxygen atoms in total. The molecule has 2 heterocycles. The number of para-hydroxylation sites is 2. The van der Waals surface area contributed by atoms with Crippen molar-refractivity contribution in [2.45, 2.75) is 22.6 Å². The molecule has 0 aliphatic carbocycles. The number of nitrogens with zero attached hydrogens (tertiary/aromatic N) is 2. The zero-order valence-corrected chi connectivity index (χ0v) is 14.2. The number of benzene rings is 1. The van der Waals surface area contributed by atoms with Crippen LogP contribution in [-0.2, 0) is 5.75 Å². The SMILES string of the molecule is CSc1ccnc(SCc2nc3ccccc3[nH]2)c1C.Cl. The van der Waals surface area contributed by atoms with Crippen molar-refractivity contribution < 1.29 is 0 Å². The number of pyridine rings is 1. The molecule has 0 aliphatic rings. The van der Waals surface area contributed by atoms with Crippen molar-refractivity contribution in [3.05, 3.63) is 47.9 Å². The van der Waals surface area contributed by atoms with Crippen LogP contribution in [0.5, 0.6) is 0 Å². The van der Waals surface area contributed by atoms with Crippen molar-refractivity contribution in [3.8, 4) is 0 Å². The van der Waals surface area contributed by atoms with E-state index in [0.29, 0.717) is 0 Å². The zero-order valence-electron chi connectivity index (χ0n) is 11.8. The van der Waals surface area contributed by atoms with Gasteiger partial charge in [-0.05, 0) is 36.9 Å². The van der Waals surface area contributed by atoms with Gasteiger partial charge in [0, 0.05) is 11.1 Å². The first kappa shape index (κ1) is 16.2. The standard InChI is InChI=1S/C15H15N3S2.ClH/c1-10-13(19-2)7-8-16-15(10)20-9-14-17-11-5-3-4-6-12(11)18-14;/h3-8H,9H2,1-2H3,(H,17,18);1H. The first-order valence-corrected chi connectivity index (χ1v) is 8.55. The summed E-state index contributed by atoms with van der Waals surface area (Å²) in [5.74, 6) is 1.80. The van der Waals surface area contributed by atoms with Crippen LogP contribution in [0.25, 0.3) is 11.0 Å². The maximum absolute atomic E-state index is 4.59. The number of rotatable bonds is 4. The molecule has 0 aliphatic heterocycles. The highest BCUT2D eigenvalue weighted by molar-refractivity contribution is 7.99. The van der Waals surface area contributed by atoms with E-state index in [1.807, 2.05) is 30.5 Å². The number of aromatic nitrogens is 3. The van der Waals surface area contributed by atoms with E-state index in [1.54, 1.807) is 23.5 Å². The first-order chi connectivity index (χ1) is 9.78. The van der Waals surface area contributed by atoms with Crippen molar-refractivity contribution in [2.75, 3.05) is 6.26 Å². The second kappa shape index (κ2) is 7.20. The molecule has 0 saturated heterocycles. The lowest BCUT2D eigenvalue weighted by atomic mass is 10.3. The van der Waals surface area contributed by atoms with Gasteiger partial charge in [0.2, 0.25) is 0 Å². The molecule has 2 aromatic heterocycles. The van der Waals surface area contributed by atoms with Gasteiger partial charge in [0.25, 0.3) is 0 Å². The summed E-state index contributed by atoms with van der Waals surface area (Å²) >= 11 is 3.49. The Kier molecular flexibility index (Phi) is 5.56. The molecule has 0 amide bonds. The monoisotopic (exact) mass is 337 g/mol. The van der Waals surface area contributed by atoms with Crippen LogP contribution in [0.4, 0.5) is 0 Å². The molecule has 0 fully saturated rings. The number of hydrogen-bond donors (Lipinski definition) is 1. The molecule has 3 aromatic rings. The fourth-order valence-electron chi connectivity index (χ4n) is 2.08. The van der Waals surface area contributed by atoms with E-state index < -0.39 is 0 Å². The second-order valence-corrected chi connectivity index (χ2v) is 6.24. The highest BCUT2D eigenvalue weighted by Crippen LogP contribution is 2.29. The number of H-pyrrole nitrogens is 1. The molecule has 1 N–H and O–H groups in total.